The Morgan fingerprint density at radius 3 is 2.37 bits per heavy atom. The average molecular weight is 367 g/mol. The lowest BCUT2D eigenvalue weighted by Crippen LogP contribution is -2.28. The van der Waals surface area contributed by atoms with Gasteiger partial charge in [-0.3, -0.25) is 4.79 Å². The van der Waals surface area contributed by atoms with Gasteiger partial charge in [0, 0.05) is 24.3 Å². The number of benzene rings is 2. The highest BCUT2D eigenvalue weighted by molar-refractivity contribution is 5.92. The van der Waals surface area contributed by atoms with Gasteiger partial charge in [-0.15, -0.1) is 6.58 Å². The zero-order valence-corrected chi connectivity index (χ0v) is 15.5. The van der Waals surface area contributed by atoms with Crippen molar-refractivity contribution in [3.63, 3.8) is 0 Å². The third-order valence-corrected chi connectivity index (χ3v) is 3.73. The number of urea groups is 1. The molecule has 0 aliphatic carbocycles. The molecule has 0 fully saturated rings. The van der Waals surface area contributed by atoms with E-state index in [0.717, 1.165) is 11.3 Å². The van der Waals surface area contributed by atoms with Gasteiger partial charge >= 0.3 is 6.03 Å². The molecule has 3 N–H and O–H groups in total. The van der Waals surface area contributed by atoms with Crippen LogP contribution in [0.3, 0.4) is 0 Å². The van der Waals surface area contributed by atoms with Gasteiger partial charge in [-0.25, -0.2) is 4.79 Å². The molecule has 27 heavy (non-hydrogen) atoms. The molecule has 0 saturated heterocycles. The van der Waals surface area contributed by atoms with E-state index in [1.807, 2.05) is 31.2 Å². The second-order valence-electron chi connectivity index (χ2n) is 5.97. The standard InChI is InChI=1S/C21H25N3O3/c1-3-14-22-21(26)24-18-12-10-17(11-13-18)23-20(25)9-6-15-27-19-8-5-4-7-16(19)2/h3-5,7-8,10-13H,1,6,9,14-15H2,2H3,(H,23,25)(H2,22,24,26). The SMILES string of the molecule is C=CCNC(=O)Nc1ccc(NC(=O)CCCOc2ccccc2C)cc1. The first-order chi connectivity index (χ1) is 13.1. The minimum atomic E-state index is -0.305. The molecule has 0 aromatic heterocycles. The fourth-order valence-electron chi connectivity index (χ4n) is 2.33. The monoisotopic (exact) mass is 367 g/mol. The summed E-state index contributed by atoms with van der Waals surface area (Å²) in [6.45, 7) is 6.41. The summed E-state index contributed by atoms with van der Waals surface area (Å²) in [5, 5.41) is 8.14. The number of hydrogen-bond donors (Lipinski definition) is 3. The molecule has 0 aliphatic heterocycles. The van der Waals surface area contributed by atoms with Crippen LogP contribution in [0.15, 0.2) is 61.2 Å². The number of nitrogens with one attached hydrogen (secondary N) is 3. The predicted molar refractivity (Wildman–Crippen MR) is 108 cm³/mol. The molecule has 0 atom stereocenters. The number of para-hydroxylation sites is 1. The minimum Gasteiger partial charge on any atom is -0.493 e. The Balaban J connectivity index is 1.70. The van der Waals surface area contributed by atoms with Crippen molar-refractivity contribution >= 4 is 23.3 Å². The largest absolute Gasteiger partial charge is 0.493 e. The zero-order chi connectivity index (χ0) is 19.5. The number of hydrogen-bond acceptors (Lipinski definition) is 3. The minimum absolute atomic E-state index is 0.0761. The maximum atomic E-state index is 12.0. The summed E-state index contributed by atoms with van der Waals surface area (Å²) in [6.07, 6.45) is 2.60. The quantitative estimate of drug-likeness (QED) is 0.461. The molecule has 0 bridgehead atoms. The normalized spacial score (nSPS) is 9.96. The molecule has 0 unspecified atom stereocenters. The van der Waals surface area contributed by atoms with Crippen molar-refractivity contribution in [2.75, 3.05) is 23.8 Å². The fourth-order valence-corrected chi connectivity index (χ4v) is 2.33. The molecule has 3 amide bonds. The van der Waals surface area contributed by atoms with E-state index in [9.17, 15) is 9.59 Å². The van der Waals surface area contributed by atoms with E-state index >= 15 is 0 Å². The number of anilines is 2. The Kier molecular flexibility index (Phi) is 7.91. The lowest BCUT2D eigenvalue weighted by atomic mass is 10.2. The molecule has 0 radical (unpaired) electrons. The van der Waals surface area contributed by atoms with Crippen molar-refractivity contribution in [2.24, 2.45) is 0 Å². The maximum Gasteiger partial charge on any atom is 0.319 e. The highest BCUT2D eigenvalue weighted by Crippen LogP contribution is 2.17. The van der Waals surface area contributed by atoms with Crippen LogP contribution in [-0.4, -0.2) is 25.1 Å². The molecule has 142 valence electrons. The van der Waals surface area contributed by atoms with Gasteiger partial charge in [0.15, 0.2) is 0 Å². The van der Waals surface area contributed by atoms with Crippen LogP contribution in [0.4, 0.5) is 16.2 Å². The van der Waals surface area contributed by atoms with Crippen LogP contribution in [0.2, 0.25) is 0 Å². The number of carbonyl (C=O) groups is 2. The summed E-state index contributed by atoms with van der Waals surface area (Å²) in [5.74, 6) is 0.769. The van der Waals surface area contributed by atoms with Gasteiger partial charge in [-0.1, -0.05) is 24.3 Å². The van der Waals surface area contributed by atoms with Crippen LogP contribution in [0, 0.1) is 6.92 Å². The van der Waals surface area contributed by atoms with E-state index in [0.29, 0.717) is 37.4 Å². The summed E-state index contributed by atoms with van der Waals surface area (Å²) in [5.41, 5.74) is 2.40. The molecule has 0 heterocycles. The van der Waals surface area contributed by atoms with Crippen molar-refractivity contribution < 1.29 is 14.3 Å². The van der Waals surface area contributed by atoms with Crippen molar-refractivity contribution in [1.82, 2.24) is 5.32 Å². The van der Waals surface area contributed by atoms with Gasteiger partial charge in [0.1, 0.15) is 5.75 Å². The van der Waals surface area contributed by atoms with Gasteiger partial charge in [0.25, 0.3) is 0 Å². The van der Waals surface area contributed by atoms with Gasteiger partial charge in [0.2, 0.25) is 5.91 Å². The maximum absolute atomic E-state index is 12.0. The Hall–Kier alpha value is -3.28. The average Bonchev–Trinajstić information content (AvgIpc) is 2.66. The summed E-state index contributed by atoms with van der Waals surface area (Å²) >= 11 is 0. The van der Waals surface area contributed by atoms with Crippen LogP contribution < -0.4 is 20.7 Å². The summed E-state index contributed by atoms with van der Waals surface area (Å²) < 4.78 is 5.69. The molecule has 6 heteroatoms. The van der Waals surface area contributed by atoms with Crippen LogP contribution in [0.25, 0.3) is 0 Å². The van der Waals surface area contributed by atoms with Crippen molar-refractivity contribution in [1.29, 1.82) is 0 Å². The van der Waals surface area contributed by atoms with Crippen LogP contribution >= 0.6 is 0 Å². The van der Waals surface area contributed by atoms with Gasteiger partial charge < -0.3 is 20.7 Å². The molecule has 2 aromatic carbocycles. The Morgan fingerprint density at radius 1 is 1.04 bits per heavy atom. The molecule has 6 nitrogen and oxygen atoms in total. The lowest BCUT2D eigenvalue weighted by Gasteiger charge is -2.10. The molecule has 2 rings (SSSR count). The lowest BCUT2D eigenvalue weighted by molar-refractivity contribution is -0.116. The highest BCUT2D eigenvalue weighted by Gasteiger charge is 2.05. The topological polar surface area (TPSA) is 79.5 Å². The smallest absolute Gasteiger partial charge is 0.319 e. The Bertz CT molecular complexity index is 772. The van der Waals surface area contributed by atoms with E-state index < -0.39 is 0 Å². The van der Waals surface area contributed by atoms with Crippen LogP contribution in [0.1, 0.15) is 18.4 Å². The Labute approximate surface area is 159 Å². The number of amides is 3. The van der Waals surface area contributed by atoms with E-state index in [2.05, 4.69) is 22.5 Å². The predicted octanol–water partition coefficient (Wildman–Crippen LogP) is 4.10. The Morgan fingerprint density at radius 2 is 1.70 bits per heavy atom. The number of rotatable bonds is 9. The van der Waals surface area contributed by atoms with E-state index in [4.69, 9.17) is 4.74 Å². The molecule has 0 saturated carbocycles. The molecule has 0 spiro atoms. The van der Waals surface area contributed by atoms with Crippen LogP contribution in [-0.2, 0) is 4.79 Å². The first-order valence-electron chi connectivity index (χ1n) is 8.82. The van der Waals surface area contributed by atoms with Gasteiger partial charge in [-0.05, 0) is 49.2 Å². The summed E-state index contributed by atoms with van der Waals surface area (Å²) in [6, 6.07) is 14.4. The third kappa shape index (κ3) is 7.23. The van der Waals surface area contributed by atoms with Crippen molar-refractivity contribution in [3.8, 4) is 5.75 Å². The second kappa shape index (κ2) is 10.7. The third-order valence-electron chi connectivity index (χ3n) is 3.73. The summed E-state index contributed by atoms with van der Waals surface area (Å²) in [7, 11) is 0. The first kappa shape index (κ1) is 20.0. The van der Waals surface area contributed by atoms with E-state index in [1.54, 1.807) is 30.3 Å². The zero-order valence-electron chi connectivity index (χ0n) is 15.5. The molecular formula is C21H25N3O3. The fraction of sp³-hybridized carbons (Fsp3) is 0.238. The molecule has 2 aromatic rings. The molecule has 0 aliphatic rings. The molecular weight excluding hydrogens is 342 g/mol. The van der Waals surface area contributed by atoms with E-state index in [-0.39, 0.29) is 11.9 Å². The highest BCUT2D eigenvalue weighted by atomic mass is 16.5. The second-order valence-corrected chi connectivity index (χ2v) is 5.97. The van der Waals surface area contributed by atoms with Crippen LogP contribution in [0.5, 0.6) is 5.75 Å². The van der Waals surface area contributed by atoms with Gasteiger partial charge in [-0.2, -0.15) is 0 Å². The summed E-state index contributed by atoms with van der Waals surface area (Å²) in [4.78, 5) is 23.6. The first-order valence-corrected chi connectivity index (χ1v) is 8.82. The van der Waals surface area contributed by atoms with E-state index in [1.165, 1.54) is 0 Å². The van der Waals surface area contributed by atoms with Crippen molar-refractivity contribution in [3.05, 3.63) is 66.7 Å². The number of carbonyl (C=O) groups excluding carboxylic acids is 2. The van der Waals surface area contributed by atoms with Gasteiger partial charge in [0.05, 0.1) is 6.61 Å². The number of aryl methyl sites for hydroxylation is 1. The van der Waals surface area contributed by atoms with Crippen molar-refractivity contribution in [2.45, 2.75) is 19.8 Å². The number of ether oxygens (including phenoxy) is 1.